The highest BCUT2D eigenvalue weighted by atomic mass is 32.2. The van der Waals surface area contributed by atoms with E-state index < -0.39 is 33.3 Å². The molecule has 0 saturated heterocycles. The molecule has 0 heterocycles. The van der Waals surface area contributed by atoms with Crippen LogP contribution in [0.1, 0.15) is 17.3 Å². The van der Waals surface area contributed by atoms with Gasteiger partial charge in [0.15, 0.2) is 0 Å². The normalized spacial score (nSPS) is 11.0. The van der Waals surface area contributed by atoms with Crippen molar-refractivity contribution in [2.75, 3.05) is 17.2 Å². The lowest BCUT2D eigenvalue weighted by Gasteiger charge is -2.10. The van der Waals surface area contributed by atoms with Crippen molar-refractivity contribution in [2.24, 2.45) is 5.73 Å². The molecule has 26 heavy (non-hydrogen) atoms. The van der Waals surface area contributed by atoms with Crippen LogP contribution >= 0.6 is 0 Å². The molecule has 0 bridgehead atoms. The number of benzene rings is 2. The summed E-state index contributed by atoms with van der Waals surface area (Å²) >= 11 is 0. The number of nitrogens with one attached hydrogen (secondary N) is 3. The maximum atomic E-state index is 14.0. The number of primary amides is 1. The van der Waals surface area contributed by atoms with Gasteiger partial charge in [-0.05, 0) is 36.4 Å². The Bertz CT molecular complexity index is 947. The average molecular weight is 380 g/mol. The largest absolute Gasteiger partial charge is 0.351 e. The highest BCUT2D eigenvalue weighted by Crippen LogP contribution is 2.19. The van der Waals surface area contributed by atoms with Crippen LogP contribution < -0.4 is 21.1 Å². The van der Waals surface area contributed by atoms with Crippen LogP contribution in [0.3, 0.4) is 0 Å². The summed E-state index contributed by atoms with van der Waals surface area (Å²) in [5, 5.41) is 4.78. The zero-order valence-corrected chi connectivity index (χ0v) is 14.6. The Labute approximate surface area is 149 Å². The first kappa shape index (κ1) is 19.3. The monoisotopic (exact) mass is 380 g/mol. The van der Waals surface area contributed by atoms with Crippen molar-refractivity contribution in [3.63, 3.8) is 0 Å². The number of rotatable bonds is 6. The Kier molecular flexibility index (Phi) is 5.90. The molecule has 2 aromatic carbocycles. The Morgan fingerprint density at radius 3 is 2.35 bits per heavy atom. The number of hydrogen-bond acceptors (Lipinski definition) is 4. The van der Waals surface area contributed by atoms with Crippen molar-refractivity contribution in [3.05, 3.63) is 53.8 Å². The van der Waals surface area contributed by atoms with E-state index in [4.69, 9.17) is 5.73 Å². The fourth-order valence-electron chi connectivity index (χ4n) is 2.13. The molecule has 0 radical (unpaired) electrons. The molecule has 0 aliphatic heterocycles. The smallest absolute Gasteiger partial charge is 0.316 e. The third-order valence-electron chi connectivity index (χ3n) is 3.22. The molecule has 0 saturated carbocycles. The molecule has 8 nitrogen and oxygen atoms in total. The second-order valence-corrected chi connectivity index (χ2v) is 6.93. The SMILES string of the molecule is CCNS(=O)(=O)c1ccc(F)c(C(=O)Nc2cccc(NC(N)=O)c2)c1. The molecule has 10 heteroatoms. The van der Waals surface area contributed by atoms with E-state index in [0.717, 1.165) is 18.2 Å². The van der Waals surface area contributed by atoms with Crippen LogP contribution in [0, 0.1) is 5.82 Å². The summed E-state index contributed by atoms with van der Waals surface area (Å²) < 4.78 is 40.3. The molecule has 2 rings (SSSR count). The van der Waals surface area contributed by atoms with E-state index in [1.54, 1.807) is 19.1 Å². The van der Waals surface area contributed by atoms with E-state index in [1.165, 1.54) is 12.1 Å². The summed E-state index contributed by atoms with van der Waals surface area (Å²) in [5.74, 6) is -1.71. The Balaban J connectivity index is 2.28. The quantitative estimate of drug-likeness (QED) is 0.609. The van der Waals surface area contributed by atoms with Crippen molar-refractivity contribution in [1.29, 1.82) is 0 Å². The van der Waals surface area contributed by atoms with E-state index >= 15 is 0 Å². The van der Waals surface area contributed by atoms with Gasteiger partial charge in [0, 0.05) is 17.9 Å². The van der Waals surface area contributed by atoms with Crippen LogP contribution in [0.15, 0.2) is 47.4 Å². The topological polar surface area (TPSA) is 130 Å². The lowest BCUT2D eigenvalue weighted by molar-refractivity contribution is 0.102. The van der Waals surface area contributed by atoms with E-state index in [1.807, 2.05) is 0 Å². The summed E-state index contributed by atoms with van der Waals surface area (Å²) in [6, 6.07) is 8.18. The fraction of sp³-hybridized carbons (Fsp3) is 0.125. The van der Waals surface area contributed by atoms with Gasteiger partial charge >= 0.3 is 6.03 Å². The number of carbonyl (C=O) groups is 2. The molecule has 3 amide bonds. The van der Waals surface area contributed by atoms with Crippen LogP contribution in [0.25, 0.3) is 0 Å². The Morgan fingerprint density at radius 1 is 1.08 bits per heavy atom. The summed E-state index contributed by atoms with van der Waals surface area (Å²) in [7, 11) is -3.83. The second-order valence-electron chi connectivity index (χ2n) is 5.17. The zero-order chi connectivity index (χ0) is 19.3. The fourth-order valence-corrected chi connectivity index (χ4v) is 3.20. The van der Waals surface area contributed by atoms with Crippen LogP contribution in [-0.2, 0) is 10.0 Å². The van der Waals surface area contributed by atoms with E-state index in [-0.39, 0.29) is 17.1 Å². The van der Waals surface area contributed by atoms with Crippen molar-refractivity contribution in [1.82, 2.24) is 4.72 Å². The molecule has 0 spiro atoms. The third kappa shape index (κ3) is 4.77. The first-order valence-corrected chi connectivity index (χ1v) is 8.98. The van der Waals surface area contributed by atoms with Crippen LogP contribution in [0.2, 0.25) is 0 Å². The number of hydrogen-bond donors (Lipinski definition) is 4. The van der Waals surface area contributed by atoms with Gasteiger partial charge in [0.05, 0.1) is 10.5 Å². The molecule has 138 valence electrons. The van der Waals surface area contributed by atoms with Crippen LogP contribution in [0.4, 0.5) is 20.6 Å². The van der Waals surface area contributed by atoms with E-state index in [0.29, 0.717) is 5.69 Å². The average Bonchev–Trinajstić information content (AvgIpc) is 2.54. The molecule has 0 fully saturated rings. The molecule has 2 aromatic rings. The van der Waals surface area contributed by atoms with Gasteiger partial charge in [-0.2, -0.15) is 0 Å². The number of carbonyl (C=O) groups excluding carboxylic acids is 2. The highest BCUT2D eigenvalue weighted by molar-refractivity contribution is 7.89. The van der Waals surface area contributed by atoms with Crippen LogP contribution in [0.5, 0.6) is 0 Å². The molecule has 0 atom stereocenters. The molecule has 0 aliphatic carbocycles. The number of amides is 3. The first-order valence-electron chi connectivity index (χ1n) is 7.50. The summed E-state index contributed by atoms with van der Waals surface area (Å²) in [4.78, 5) is 23.0. The number of urea groups is 1. The summed E-state index contributed by atoms with van der Waals surface area (Å²) in [5.41, 5.74) is 5.18. The Morgan fingerprint density at radius 2 is 1.73 bits per heavy atom. The van der Waals surface area contributed by atoms with Crippen molar-refractivity contribution in [3.8, 4) is 0 Å². The summed E-state index contributed by atoms with van der Waals surface area (Å²) in [6.45, 7) is 1.75. The standard InChI is InChI=1S/C16H17FN4O4S/c1-2-19-26(24,25)12-6-7-14(17)13(9-12)15(22)20-10-4-3-5-11(8-10)21-16(18)23/h3-9,19H,2H2,1H3,(H,20,22)(H3,18,21,23). The minimum atomic E-state index is -3.83. The van der Waals surface area contributed by atoms with Crippen molar-refractivity contribution in [2.45, 2.75) is 11.8 Å². The third-order valence-corrected chi connectivity index (χ3v) is 4.76. The molecule has 0 unspecified atom stereocenters. The minimum Gasteiger partial charge on any atom is -0.351 e. The minimum absolute atomic E-state index is 0.154. The molecular formula is C16H17FN4O4S. The zero-order valence-electron chi connectivity index (χ0n) is 13.7. The van der Waals surface area contributed by atoms with Gasteiger partial charge in [0.25, 0.3) is 5.91 Å². The molecular weight excluding hydrogens is 363 g/mol. The Hall–Kier alpha value is -2.98. The lowest BCUT2D eigenvalue weighted by atomic mass is 10.2. The highest BCUT2D eigenvalue weighted by Gasteiger charge is 2.19. The van der Waals surface area contributed by atoms with E-state index in [2.05, 4.69) is 15.4 Å². The van der Waals surface area contributed by atoms with Crippen molar-refractivity contribution >= 4 is 33.3 Å². The number of sulfonamides is 1. The van der Waals surface area contributed by atoms with Crippen LogP contribution in [-0.4, -0.2) is 26.9 Å². The van der Waals surface area contributed by atoms with Crippen molar-refractivity contribution < 1.29 is 22.4 Å². The van der Waals surface area contributed by atoms with Gasteiger partial charge in [-0.15, -0.1) is 0 Å². The van der Waals surface area contributed by atoms with Gasteiger partial charge < -0.3 is 16.4 Å². The molecule has 0 aromatic heterocycles. The van der Waals surface area contributed by atoms with Gasteiger partial charge in [0.2, 0.25) is 10.0 Å². The lowest BCUT2D eigenvalue weighted by Crippen LogP contribution is -2.24. The van der Waals surface area contributed by atoms with Gasteiger partial charge in [-0.25, -0.2) is 22.3 Å². The maximum absolute atomic E-state index is 14.0. The van der Waals surface area contributed by atoms with E-state index in [9.17, 15) is 22.4 Å². The summed E-state index contributed by atoms with van der Waals surface area (Å²) in [6.07, 6.45) is 0. The van der Waals surface area contributed by atoms with Gasteiger partial charge in [-0.1, -0.05) is 13.0 Å². The number of halogens is 1. The maximum Gasteiger partial charge on any atom is 0.316 e. The molecule has 5 N–H and O–H groups in total. The molecule has 0 aliphatic rings. The van der Waals surface area contributed by atoms with Gasteiger partial charge in [0.1, 0.15) is 5.82 Å². The number of nitrogens with two attached hydrogens (primary N) is 1. The number of anilines is 2. The predicted molar refractivity (Wildman–Crippen MR) is 94.9 cm³/mol. The second kappa shape index (κ2) is 7.93. The van der Waals surface area contributed by atoms with Gasteiger partial charge in [-0.3, -0.25) is 4.79 Å². The first-order chi connectivity index (χ1) is 12.2. The predicted octanol–water partition coefficient (Wildman–Crippen LogP) is 1.87.